The third-order valence-electron chi connectivity index (χ3n) is 4.62. The van der Waals surface area contributed by atoms with Crippen LogP contribution in [0.3, 0.4) is 0 Å². The van der Waals surface area contributed by atoms with E-state index in [1.54, 1.807) is 17.1 Å². The van der Waals surface area contributed by atoms with E-state index in [2.05, 4.69) is 42.1 Å². The summed E-state index contributed by atoms with van der Waals surface area (Å²) < 4.78 is 0. The number of benzene rings is 1. The first-order chi connectivity index (χ1) is 12.0. The lowest BCUT2D eigenvalue weighted by atomic mass is 10.1. The van der Waals surface area contributed by atoms with Crippen molar-refractivity contribution in [2.75, 3.05) is 56.9 Å². The highest BCUT2D eigenvalue weighted by Crippen LogP contribution is 2.26. The van der Waals surface area contributed by atoms with Crippen LogP contribution in [0.2, 0.25) is 0 Å². The molecule has 0 atom stereocenters. The Labute approximate surface area is 151 Å². The first kappa shape index (κ1) is 19.1. The highest BCUT2D eigenvalue weighted by molar-refractivity contribution is 5.77. The quantitative estimate of drug-likeness (QED) is 0.581. The molecule has 5 heteroatoms. The van der Waals surface area contributed by atoms with Crippen LogP contribution in [0, 0.1) is 0 Å². The van der Waals surface area contributed by atoms with Gasteiger partial charge in [0.15, 0.2) is 0 Å². The molecule has 0 radical (unpaired) electrons. The number of hydrogen-bond donors (Lipinski definition) is 1. The van der Waals surface area contributed by atoms with Crippen LogP contribution in [0.4, 0.5) is 11.4 Å². The maximum atomic E-state index is 12.3. The molecule has 1 fully saturated rings. The van der Waals surface area contributed by atoms with Crippen molar-refractivity contribution in [1.82, 2.24) is 9.80 Å². The Balaban J connectivity index is 1.95. The first-order valence-electron chi connectivity index (χ1n) is 8.86. The molecule has 2 rings (SSSR count). The van der Waals surface area contributed by atoms with E-state index >= 15 is 0 Å². The summed E-state index contributed by atoms with van der Waals surface area (Å²) in [4.78, 5) is 18.7. The second-order valence-corrected chi connectivity index (χ2v) is 6.56. The molecule has 1 aliphatic rings. The van der Waals surface area contributed by atoms with E-state index in [9.17, 15) is 4.79 Å². The van der Waals surface area contributed by atoms with Crippen molar-refractivity contribution >= 4 is 17.3 Å². The third kappa shape index (κ3) is 5.36. The number of likely N-dealkylation sites (N-methyl/N-ethyl adjacent to an activating group) is 1. The molecule has 25 heavy (non-hydrogen) atoms. The van der Waals surface area contributed by atoms with Gasteiger partial charge in [0.05, 0.1) is 11.4 Å². The lowest BCUT2D eigenvalue weighted by Crippen LogP contribution is -2.44. The van der Waals surface area contributed by atoms with E-state index < -0.39 is 0 Å². The average molecular weight is 342 g/mol. The Hall–Kier alpha value is -2.27. The molecule has 1 aromatic carbocycles. The number of rotatable bonds is 8. The fourth-order valence-electron chi connectivity index (χ4n) is 3.09. The van der Waals surface area contributed by atoms with Gasteiger partial charge in [0.2, 0.25) is 5.91 Å². The first-order valence-corrected chi connectivity index (χ1v) is 8.86. The minimum absolute atomic E-state index is 0.113. The molecule has 2 N–H and O–H groups in total. The fourth-order valence-corrected chi connectivity index (χ4v) is 3.09. The van der Waals surface area contributed by atoms with Crippen molar-refractivity contribution in [1.29, 1.82) is 0 Å². The van der Waals surface area contributed by atoms with Crippen LogP contribution in [-0.2, 0) is 11.2 Å². The Morgan fingerprint density at radius 2 is 1.84 bits per heavy atom. The topological polar surface area (TPSA) is 52.8 Å². The molecule has 0 saturated carbocycles. The number of nitrogens with zero attached hydrogens (tertiary/aromatic N) is 3. The predicted octanol–water partition coefficient (Wildman–Crippen LogP) is 2.15. The molecule has 1 heterocycles. The van der Waals surface area contributed by atoms with E-state index in [1.807, 2.05) is 6.07 Å². The molecule has 5 nitrogen and oxygen atoms in total. The number of amides is 1. The Bertz CT molecular complexity index is 596. The van der Waals surface area contributed by atoms with Crippen molar-refractivity contribution in [3.8, 4) is 0 Å². The molecule has 0 spiro atoms. The van der Waals surface area contributed by atoms with Gasteiger partial charge < -0.3 is 20.4 Å². The summed E-state index contributed by atoms with van der Waals surface area (Å²) in [6.07, 6.45) is 4.64. The van der Waals surface area contributed by atoms with Crippen molar-refractivity contribution in [2.24, 2.45) is 0 Å². The van der Waals surface area contributed by atoms with Crippen LogP contribution in [0.5, 0.6) is 0 Å². The molecule has 136 valence electrons. The van der Waals surface area contributed by atoms with Crippen LogP contribution < -0.4 is 10.6 Å². The van der Waals surface area contributed by atoms with Gasteiger partial charge in [0.25, 0.3) is 0 Å². The van der Waals surface area contributed by atoms with Gasteiger partial charge in [0, 0.05) is 45.7 Å². The molecule has 0 unspecified atom stereocenters. The molecular formula is C20H30N4O. The fraction of sp³-hybridized carbons (Fsp3) is 0.450. The van der Waals surface area contributed by atoms with Crippen LogP contribution >= 0.6 is 0 Å². The van der Waals surface area contributed by atoms with Gasteiger partial charge in [-0.2, -0.15) is 0 Å². The number of nitrogens with two attached hydrogens (primary N) is 1. The Morgan fingerprint density at radius 1 is 1.20 bits per heavy atom. The summed E-state index contributed by atoms with van der Waals surface area (Å²) in [5.41, 5.74) is 9.26. The standard InChI is InChI=1S/C20H30N4O/c1-4-10-24(11-5-2)20(25)9-7-17-6-8-19(18(21)16-17)23-14-12-22(3)13-15-23/h4-6,8,16H,1-2,7,9-15,21H2,3H3. The van der Waals surface area contributed by atoms with Gasteiger partial charge in [-0.25, -0.2) is 0 Å². The van der Waals surface area contributed by atoms with Gasteiger partial charge >= 0.3 is 0 Å². The van der Waals surface area contributed by atoms with Crippen LogP contribution in [0.1, 0.15) is 12.0 Å². The minimum atomic E-state index is 0.113. The molecular weight excluding hydrogens is 312 g/mol. The lowest BCUT2D eigenvalue weighted by molar-refractivity contribution is -0.130. The van der Waals surface area contributed by atoms with Gasteiger partial charge in [-0.1, -0.05) is 18.2 Å². The van der Waals surface area contributed by atoms with E-state index in [-0.39, 0.29) is 5.91 Å². The largest absolute Gasteiger partial charge is 0.397 e. The highest BCUT2D eigenvalue weighted by Gasteiger charge is 2.17. The zero-order valence-corrected chi connectivity index (χ0v) is 15.3. The van der Waals surface area contributed by atoms with E-state index in [0.717, 1.165) is 43.1 Å². The van der Waals surface area contributed by atoms with Crippen LogP contribution in [0.25, 0.3) is 0 Å². The smallest absolute Gasteiger partial charge is 0.223 e. The summed E-state index contributed by atoms with van der Waals surface area (Å²) in [5.74, 6) is 0.113. The van der Waals surface area contributed by atoms with Crippen molar-refractivity contribution in [3.63, 3.8) is 0 Å². The Morgan fingerprint density at radius 3 is 2.40 bits per heavy atom. The molecule has 1 amide bonds. The number of aryl methyl sites for hydroxylation is 1. The molecule has 0 aromatic heterocycles. The molecule has 0 aliphatic carbocycles. The highest BCUT2D eigenvalue weighted by atomic mass is 16.2. The van der Waals surface area contributed by atoms with E-state index in [0.29, 0.717) is 25.9 Å². The number of carbonyl (C=O) groups is 1. The maximum absolute atomic E-state index is 12.3. The second kappa shape index (κ2) is 9.28. The normalized spacial score (nSPS) is 15.0. The summed E-state index contributed by atoms with van der Waals surface area (Å²) in [6, 6.07) is 6.18. The minimum Gasteiger partial charge on any atom is -0.397 e. The lowest BCUT2D eigenvalue weighted by Gasteiger charge is -2.34. The number of piperazine rings is 1. The summed E-state index contributed by atoms with van der Waals surface area (Å²) in [6.45, 7) is 12.6. The predicted molar refractivity (Wildman–Crippen MR) is 106 cm³/mol. The van der Waals surface area contributed by atoms with Gasteiger partial charge in [-0.15, -0.1) is 13.2 Å². The van der Waals surface area contributed by atoms with Gasteiger partial charge in [-0.3, -0.25) is 4.79 Å². The zero-order valence-electron chi connectivity index (χ0n) is 15.3. The van der Waals surface area contributed by atoms with Crippen molar-refractivity contribution < 1.29 is 4.79 Å². The van der Waals surface area contributed by atoms with Crippen LogP contribution in [0.15, 0.2) is 43.5 Å². The second-order valence-electron chi connectivity index (χ2n) is 6.56. The van der Waals surface area contributed by atoms with Gasteiger partial charge in [0.1, 0.15) is 0 Å². The number of carbonyl (C=O) groups excluding carboxylic acids is 1. The van der Waals surface area contributed by atoms with Crippen molar-refractivity contribution in [3.05, 3.63) is 49.1 Å². The SMILES string of the molecule is C=CCN(CC=C)C(=O)CCc1ccc(N2CCN(C)CC2)c(N)c1. The number of nitrogen functional groups attached to an aromatic ring is 1. The molecule has 1 saturated heterocycles. The van der Waals surface area contributed by atoms with Crippen molar-refractivity contribution in [2.45, 2.75) is 12.8 Å². The van der Waals surface area contributed by atoms with Crippen LogP contribution in [-0.4, -0.2) is 62.0 Å². The summed E-state index contributed by atoms with van der Waals surface area (Å²) in [5, 5.41) is 0. The summed E-state index contributed by atoms with van der Waals surface area (Å²) >= 11 is 0. The monoisotopic (exact) mass is 342 g/mol. The van der Waals surface area contributed by atoms with Gasteiger partial charge in [-0.05, 0) is 31.2 Å². The Kier molecular flexibility index (Phi) is 7.07. The number of hydrogen-bond acceptors (Lipinski definition) is 4. The zero-order chi connectivity index (χ0) is 18.2. The average Bonchev–Trinajstić information content (AvgIpc) is 2.60. The molecule has 1 aromatic rings. The molecule has 0 bridgehead atoms. The summed E-state index contributed by atoms with van der Waals surface area (Å²) in [7, 11) is 2.14. The third-order valence-corrected chi connectivity index (χ3v) is 4.62. The maximum Gasteiger partial charge on any atom is 0.223 e. The van der Waals surface area contributed by atoms with E-state index in [4.69, 9.17) is 5.73 Å². The number of anilines is 2. The molecule has 1 aliphatic heterocycles. The van der Waals surface area contributed by atoms with E-state index in [1.165, 1.54) is 0 Å².